The Morgan fingerprint density at radius 2 is 0.434 bits per heavy atom. The summed E-state index contributed by atoms with van der Waals surface area (Å²) in [5, 5.41) is 0. The first-order valence-electron chi connectivity index (χ1n) is 37.1. The maximum Gasteiger partial charge on any atom is 0.306 e. The lowest BCUT2D eigenvalue weighted by molar-refractivity contribution is -0.167. The molecular formula is C77H142O6. The van der Waals surface area contributed by atoms with Gasteiger partial charge in [0.2, 0.25) is 0 Å². The number of carbonyl (C=O) groups is 3. The van der Waals surface area contributed by atoms with Gasteiger partial charge in [0.25, 0.3) is 0 Å². The number of unbranched alkanes of at least 4 members (excludes halogenated alkanes) is 50. The Bertz CT molecular complexity index is 1430. The third-order valence-corrected chi connectivity index (χ3v) is 16.8. The molecule has 0 amide bonds. The number of hydrogen-bond acceptors (Lipinski definition) is 6. The van der Waals surface area contributed by atoms with Crippen LogP contribution in [0.5, 0.6) is 0 Å². The quantitative estimate of drug-likeness (QED) is 0.0261. The molecule has 0 radical (unpaired) electrons. The van der Waals surface area contributed by atoms with E-state index >= 15 is 0 Å². The molecule has 486 valence electrons. The smallest absolute Gasteiger partial charge is 0.306 e. The summed E-state index contributed by atoms with van der Waals surface area (Å²) in [6, 6.07) is 0. The molecule has 0 fully saturated rings. The number of carbonyl (C=O) groups excluding carboxylic acids is 3. The van der Waals surface area contributed by atoms with Crippen LogP contribution in [0.15, 0.2) is 48.6 Å². The van der Waals surface area contributed by atoms with Gasteiger partial charge >= 0.3 is 17.9 Å². The second-order valence-corrected chi connectivity index (χ2v) is 25.2. The average molecular weight is 1160 g/mol. The van der Waals surface area contributed by atoms with Crippen molar-refractivity contribution >= 4 is 17.9 Å². The molecule has 1 atom stereocenters. The van der Waals surface area contributed by atoms with E-state index in [-0.39, 0.29) is 31.1 Å². The molecule has 0 aliphatic heterocycles. The fourth-order valence-electron chi connectivity index (χ4n) is 11.2. The standard InChI is InChI=1S/C77H142O6/c1-4-7-10-13-16-19-21-23-25-27-29-31-33-34-35-36-37-38-39-40-41-42-44-45-47-49-51-53-55-58-61-64-67-70-76(79)82-73-74(72-81-75(78)69-66-63-60-57-18-15-12-9-6-3)83-77(80)71-68-65-62-59-56-54-52-50-48-46-43-32-30-28-26-24-22-20-17-14-11-8-5-2/h22,24,27-30,43,46,74H,4-21,23,25-26,31-42,44-45,47-73H2,1-3H3/b24-22-,29-27-,30-28-,46-43-. The summed E-state index contributed by atoms with van der Waals surface area (Å²) in [6.45, 7) is 6.67. The molecule has 6 nitrogen and oxygen atoms in total. The molecule has 0 saturated heterocycles. The minimum atomic E-state index is -0.774. The van der Waals surface area contributed by atoms with Crippen molar-refractivity contribution in [3.63, 3.8) is 0 Å². The Balaban J connectivity index is 4.06. The molecule has 0 aliphatic carbocycles. The average Bonchev–Trinajstić information content (AvgIpc) is 3.49. The number of allylic oxidation sites excluding steroid dienone is 8. The third kappa shape index (κ3) is 70.0. The van der Waals surface area contributed by atoms with Crippen molar-refractivity contribution in [3.05, 3.63) is 48.6 Å². The zero-order valence-corrected chi connectivity index (χ0v) is 56.0. The van der Waals surface area contributed by atoms with Gasteiger partial charge in [0.05, 0.1) is 0 Å². The van der Waals surface area contributed by atoms with E-state index in [0.717, 1.165) is 77.0 Å². The predicted octanol–water partition coefficient (Wildman–Crippen LogP) is 25.7. The second kappa shape index (κ2) is 71.8. The normalized spacial score (nSPS) is 12.3. The third-order valence-electron chi connectivity index (χ3n) is 16.8. The largest absolute Gasteiger partial charge is 0.462 e. The molecule has 6 heteroatoms. The Labute approximate surface area is 518 Å². The number of hydrogen-bond donors (Lipinski definition) is 0. The molecule has 0 spiro atoms. The summed E-state index contributed by atoms with van der Waals surface area (Å²) in [5.41, 5.74) is 0. The lowest BCUT2D eigenvalue weighted by atomic mass is 10.0. The van der Waals surface area contributed by atoms with Crippen molar-refractivity contribution in [2.45, 2.75) is 412 Å². The van der Waals surface area contributed by atoms with Crippen molar-refractivity contribution in [3.8, 4) is 0 Å². The zero-order valence-electron chi connectivity index (χ0n) is 56.0. The molecule has 83 heavy (non-hydrogen) atoms. The fraction of sp³-hybridized carbons (Fsp3) is 0.857. The van der Waals surface area contributed by atoms with Crippen LogP contribution in [0.1, 0.15) is 406 Å². The van der Waals surface area contributed by atoms with Crippen LogP contribution in [0, 0.1) is 0 Å². The first kappa shape index (κ1) is 80.4. The van der Waals surface area contributed by atoms with E-state index in [2.05, 4.69) is 69.4 Å². The highest BCUT2D eigenvalue weighted by Gasteiger charge is 2.19. The number of rotatable bonds is 69. The Kier molecular flexibility index (Phi) is 69.6. The lowest BCUT2D eigenvalue weighted by Gasteiger charge is -2.18. The van der Waals surface area contributed by atoms with Crippen LogP contribution < -0.4 is 0 Å². The lowest BCUT2D eigenvalue weighted by Crippen LogP contribution is -2.30. The first-order chi connectivity index (χ1) is 41.0. The van der Waals surface area contributed by atoms with Crippen molar-refractivity contribution in [2.24, 2.45) is 0 Å². The van der Waals surface area contributed by atoms with Gasteiger partial charge in [0.15, 0.2) is 6.10 Å². The fourth-order valence-corrected chi connectivity index (χ4v) is 11.2. The molecule has 0 rings (SSSR count). The number of esters is 3. The van der Waals surface area contributed by atoms with Gasteiger partial charge in [-0.2, -0.15) is 0 Å². The summed E-state index contributed by atoms with van der Waals surface area (Å²) >= 11 is 0. The summed E-state index contributed by atoms with van der Waals surface area (Å²) in [6.07, 6.45) is 91.8. The van der Waals surface area contributed by atoms with E-state index in [1.165, 1.54) is 289 Å². The van der Waals surface area contributed by atoms with Gasteiger partial charge in [-0.1, -0.05) is 352 Å². The van der Waals surface area contributed by atoms with Gasteiger partial charge in [-0.3, -0.25) is 14.4 Å². The molecule has 0 heterocycles. The minimum Gasteiger partial charge on any atom is -0.462 e. The Morgan fingerprint density at radius 1 is 0.241 bits per heavy atom. The van der Waals surface area contributed by atoms with Crippen molar-refractivity contribution < 1.29 is 28.6 Å². The number of ether oxygens (including phenoxy) is 3. The Hall–Kier alpha value is -2.63. The SMILES string of the molecule is CCCCCCC/C=C\C/C=C\C/C=C\CCCCCCCCCCC(=O)OC(COC(=O)CCCCCCCCCCC)COC(=O)CCCCCCCCCCCCCCCCCCCCCCC/C=C\CCCCCCCCCC. The first-order valence-corrected chi connectivity index (χ1v) is 37.1. The molecule has 0 aromatic heterocycles. The Morgan fingerprint density at radius 3 is 0.687 bits per heavy atom. The molecule has 0 aliphatic rings. The summed E-state index contributed by atoms with van der Waals surface area (Å²) in [4.78, 5) is 38.3. The van der Waals surface area contributed by atoms with E-state index in [0.29, 0.717) is 19.3 Å². The van der Waals surface area contributed by atoms with Gasteiger partial charge in [-0.25, -0.2) is 0 Å². The molecule has 0 aromatic carbocycles. The summed E-state index contributed by atoms with van der Waals surface area (Å²) in [5.74, 6) is -0.856. The second-order valence-electron chi connectivity index (χ2n) is 25.2. The van der Waals surface area contributed by atoms with Crippen LogP contribution in [0.25, 0.3) is 0 Å². The van der Waals surface area contributed by atoms with Crippen molar-refractivity contribution in [1.29, 1.82) is 0 Å². The minimum absolute atomic E-state index is 0.0712. The van der Waals surface area contributed by atoms with Crippen LogP contribution >= 0.6 is 0 Å². The highest BCUT2D eigenvalue weighted by atomic mass is 16.6. The summed E-state index contributed by atoms with van der Waals surface area (Å²) in [7, 11) is 0. The predicted molar refractivity (Wildman–Crippen MR) is 362 cm³/mol. The highest BCUT2D eigenvalue weighted by Crippen LogP contribution is 2.19. The maximum absolute atomic E-state index is 12.9. The van der Waals surface area contributed by atoms with E-state index in [1.54, 1.807) is 0 Å². The van der Waals surface area contributed by atoms with E-state index in [1.807, 2.05) is 0 Å². The highest BCUT2D eigenvalue weighted by molar-refractivity contribution is 5.71. The molecule has 0 bridgehead atoms. The molecule has 1 unspecified atom stereocenters. The van der Waals surface area contributed by atoms with Crippen LogP contribution in [0.2, 0.25) is 0 Å². The van der Waals surface area contributed by atoms with E-state index < -0.39 is 6.10 Å². The maximum atomic E-state index is 12.9. The van der Waals surface area contributed by atoms with Gasteiger partial charge in [0.1, 0.15) is 13.2 Å². The topological polar surface area (TPSA) is 78.9 Å². The van der Waals surface area contributed by atoms with Crippen molar-refractivity contribution in [2.75, 3.05) is 13.2 Å². The molecule has 0 saturated carbocycles. The summed E-state index contributed by atoms with van der Waals surface area (Å²) < 4.78 is 16.9. The van der Waals surface area contributed by atoms with Crippen LogP contribution in [-0.2, 0) is 28.6 Å². The van der Waals surface area contributed by atoms with Crippen LogP contribution in [0.4, 0.5) is 0 Å². The van der Waals surface area contributed by atoms with E-state index in [4.69, 9.17) is 14.2 Å². The van der Waals surface area contributed by atoms with Gasteiger partial charge in [0, 0.05) is 19.3 Å². The van der Waals surface area contributed by atoms with Gasteiger partial charge < -0.3 is 14.2 Å². The van der Waals surface area contributed by atoms with Crippen molar-refractivity contribution in [1.82, 2.24) is 0 Å². The monoisotopic (exact) mass is 1160 g/mol. The van der Waals surface area contributed by atoms with Crippen LogP contribution in [-0.4, -0.2) is 37.2 Å². The zero-order chi connectivity index (χ0) is 59.9. The van der Waals surface area contributed by atoms with Gasteiger partial charge in [-0.05, 0) is 83.5 Å². The molecule has 0 N–H and O–H groups in total. The molecular weight excluding hydrogens is 1020 g/mol. The molecule has 0 aromatic rings. The van der Waals surface area contributed by atoms with Gasteiger partial charge in [-0.15, -0.1) is 0 Å². The van der Waals surface area contributed by atoms with Crippen LogP contribution in [0.3, 0.4) is 0 Å². The van der Waals surface area contributed by atoms with E-state index in [9.17, 15) is 14.4 Å².